The largest absolute Gasteiger partial charge is 0.490 e. The van der Waals surface area contributed by atoms with Crippen molar-refractivity contribution in [1.29, 1.82) is 0 Å². The molecule has 0 saturated heterocycles. The molecule has 1 N–H and O–H groups in total. The van der Waals surface area contributed by atoms with Crippen LogP contribution in [0.1, 0.15) is 30.6 Å². The summed E-state index contributed by atoms with van der Waals surface area (Å²) in [4.78, 5) is 10.6. The normalized spacial score (nSPS) is 12.2. The molecule has 0 spiro atoms. The minimum atomic E-state index is -1.15. The van der Waals surface area contributed by atoms with Crippen molar-refractivity contribution >= 4 is 5.97 Å². The lowest BCUT2D eigenvalue weighted by Crippen LogP contribution is -2.08. The van der Waals surface area contributed by atoms with Gasteiger partial charge in [-0.25, -0.2) is 9.18 Å². The molecular weight excluding hydrogens is 211 g/mol. The number of halogens is 1. The van der Waals surface area contributed by atoms with E-state index in [0.29, 0.717) is 12.5 Å². The van der Waals surface area contributed by atoms with E-state index < -0.39 is 11.8 Å². The second-order valence-corrected chi connectivity index (χ2v) is 3.77. The van der Waals surface area contributed by atoms with Gasteiger partial charge < -0.3 is 9.84 Å². The summed E-state index contributed by atoms with van der Waals surface area (Å²) in [6.45, 7) is 4.46. The number of benzene rings is 1. The van der Waals surface area contributed by atoms with Crippen LogP contribution in [-0.2, 0) is 0 Å². The van der Waals surface area contributed by atoms with Crippen LogP contribution in [0.25, 0.3) is 0 Å². The van der Waals surface area contributed by atoms with Crippen LogP contribution in [0.2, 0.25) is 0 Å². The molecule has 88 valence electrons. The van der Waals surface area contributed by atoms with Crippen molar-refractivity contribution in [1.82, 2.24) is 0 Å². The van der Waals surface area contributed by atoms with E-state index in [-0.39, 0.29) is 11.3 Å². The molecule has 0 bridgehead atoms. The van der Waals surface area contributed by atoms with Crippen molar-refractivity contribution in [2.75, 3.05) is 6.61 Å². The third-order valence-electron chi connectivity index (χ3n) is 2.40. The lowest BCUT2D eigenvalue weighted by Gasteiger charge is -2.11. The molecule has 0 radical (unpaired) electrons. The number of carboxylic acids is 1. The third kappa shape index (κ3) is 3.22. The first-order chi connectivity index (χ1) is 7.54. The maximum absolute atomic E-state index is 13.4. The Morgan fingerprint density at radius 3 is 2.75 bits per heavy atom. The highest BCUT2D eigenvalue weighted by Gasteiger charge is 2.09. The Bertz CT molecular complexity index is 377. The average molecular weight is 226 g/mol. The minimum absolute atomic E-state index is 0.0756. The van der Waals surface area contributed by atoms with Crippen molar-refractivity contribution in [3.63, 3.8) is 0 Å². The van der Waals surface area contributed by atoms with Crippen LogP contribution in [0.5, 0.6) is 5.75 Å². The second kappa shape index (κ2) is 5.49. The summed E-state index contributed by atoms with van der Waals surface area (Å²) in [5, 5.41) is 8.65. The van der Waals surface area contributed by atoms with Gasteiger partial charge in [-0.3, -0.25) is 0 Å². The topological polar surface area (TPSA) is 46.5 Å². The fourth-order valence-electron chi connectivity index (χ4n) is 1.10. The Morgan fingerprint density at radius 2 is 2.25 bits per heavy atom. The zero-order chi connectivity index (χ0) is 12.1. The Balaban J connectivity index is 2.72. The first kappa shape index (κ1) is 12.5. The van der Waals surface area contributed by atoms with Gasteiger partial charge in [-0.2, -0.15) is 0 Å². The summed E-state index contributed by atoms with van der Waals surface area (Å²) in [5.74, 6) is -1.33. The molecular formula is C12H15FO3. The van der Waals surface area contributed by atoms with Gasteiger partial charge in [0.05, 0.1) is 12.2 Å². The van der Waals surface area contributed by atoms with Crippen LogP contribution in [0.15, 0.2) is 18.2 Å². The third-order valence-corrected chi connectivity index (χ3v) is 2.40. The monoisotopic (exact) mass is 226 g/mol. The zero-order valence-corrected chi connectivity index (χ0v) is 9.37. The molecule has 0 fully saturated rings. The van der Waals surface area contributed by atoms with E-state index in [0.717, 1.165) is 12.5 Å². The molecule has 0 heterocycles. The van der Waals surface area contributed by atoms with Gasteiger partial charge in [0.2, 0.25) is 0 Å². The van der Waals surface area contributed by atoms with Crippen molar-refractivity contribution < 1.29 is 19.0 Å². The highest BCUT2D eigenvalue weighted by molar-refractivity contribution is 5.87. The Kier molecular flexibility index (Phi) is 4.28. The summed E-state index contributed by atoms with van der Waals surface area (Å²) in [7, 11) is 0. The Hall–Kier alpha value is -1.58. The molecule has 1 unspecified atom stereocenters. The van der Waals surface area contributed by atoms with E-state index in [9.17, 15) is 9.18 Å². The van der Waals surface area contributed by atoms with E-state index >= 15 is 0 Å². The number of carboxylic acid groups (broad SMARTS) is 1. The molecule has 3 nitrogen and oxygen atoms in total. The fraction of sp³-hybridized carbons (Fsp3) is 0.417. The van der Waals surface area contributed by atoms with E-state index in [1.165, 1.54) is 12.1 Å². The predicted molar refractivity (Wildman–Crippen MR) is 58.3 cm³/mol. The first-order valence-corrected chi connectivity index (χ1v) is 5.20. The van der Waals surface area contributed by atoms with Gasteiger partial charge in [0.15, 0.2) is 11.6 Å². The van der Waals surface area contributed by atoms with Crippen molar-refractivity contribution in [3.05, 3.63) is 29.6 Å². The van der Waals surface area contributed by atoms with Crippen LogP contribution in [0.4, 0.5) is 4.39 Å². The van der Waals surface area contributed by atoms with Gasteiger partial charge in [-0.05, 0) is 24.1 Å². The number of ether oxygens (including phenoxy) is 1. The number of carbonyl (C=O) groups is 1. The highest BCUT2D eigenvalue weighted by atomic mass is 19.1. The number of rotatable bonds is 5. The van der Waals surface area contributed by atoms with Crippen molar-refractivity contribution in [3.8, 4) is 5.75 Å². The van der Waals surface area contributed by atoms with Gasteiger partial charge >= 0.3 is 5.97 Å². The molecule has 0 aliphatic carbocycles. The Morgan fingerprint density at radius 1 is 1.56 bits per heavy atom. The number of hydrogen-bond donors (Lipinski definition) is 1. The van der Waals surface area contributed by atoms with Crippen LogP contribution >= 0.6 is 0 Å². The van der Waals surface area contributed by atoms with Gasteiger partial charge in [0.1, 0.15) is 0 Å². The lowest BCUT2D eigenvalue weighted by atomic mass is 10.1. The van der Waals surface area contributed by atoms with E-state index in [4.69, 9.17) is 9.84 Å². The summed E-state index contributed by atoms with van der Waals surface area (Å²) in [6.07, 6.45) is 0.953. The van der Waals surface area contributed by atoms with Gasteiger partial charge in [0.25, 0.3) is 0 Å². The number of aromatic carboxylic acids is 1. The molecule has 1 aromatic carbocycles. The maximum atomic E-state index is 13.4. The Labute approximate surface area is 93.9 Å². The maximum Gasteiger partial charge on any atom is 0.335 e. The summed E-state index contributed by atoms with van der Waals surface area (Å²) >= 11 is 0. The summed E-state index contributed by atoms with van der Waals surface area (Å²) in [5.41, 5.74) is -0.0756. The summed E-state index contributed by atoms with van der Waals surface area (Å²) in [6, 6.07) is 3.65. The SMILES string of the molecule is CCC(C)COc1ccc(C(=O)O)cc1F. The predicted octanol–water partition coefficient (Wildman–Crippen LogP) is 2.95. The van der Waals surface area contributed by atoms with E-state index in [1.807, 2.05) is 13.8 Å². The van der Waals surface area contributed by atoms with Crippen LogP contribution < -0.4 is 4.74 Å². The second-order valence-electron chi connectivity index (χ2n) is 3.77. The van der Waals surface area contributed by atoms with Gasteiger partial charge in [-0.1, -0.05) is 20.3 Å². The van der Waals surface area contributed by atoms with Crippen LogP contribution in [0.3, 0.4) is 0 Å². The standard InChI is InChI=1S/C12H15FO3/c1-3-8(2)7-16-11-5-4-9(12(14)15)6-10(11)13/h4-6,8H,3,7H2,1-2H3,(H,14,15). The molecule has 0 saturated carbocycles. The molecule has 0 aliphatic heterocycles. The van der Waals surface area contributed by atoms with Crippen LogP contribution in [-0.4, -0.2) is 17.7 Å². The average Bonchev–Trinajstić information content (AvgIpc) is 2.26. The highest BCUT2D eigenvalue weighted by Crippen LogP contribution is 2.19. The molecule has 1 aromatic rings. The van der Waals surface area contributed by atoms with Crippen molar-refractivity contribution in [2.24, 2.45) is 5.92 Å². The van der Waals surface area contributed by atoms with E-state index in [2.05, 4.69) is 0 Å². The smallest absolute Gasteiger partial charge is 0.335 e. The molecule has 4 heteroatoms. The molecule has 0 aliphatic rings. The van der Waals surface area contributed by atoms with Crippen LogP contribution in [0, 0.1) is 11.7 Å². The fourth-order valence-corrected chi connectivity index (χ4v) is 1.10. The molecule has 0 aromatic heterocycles. The quantitative estimate of drug-likeness (QED) is 0.839. The molecule has 16 heavy (non-hydrogen) atoms. The molecule has 0 amide bonds. The summed E-state index contributed by atoms with van der Waals surface area (Å²) < 4.78 is 18.6. The molecule has 1 rings (SSSR count). The zero-order valence-electron chi connectivity index (χ0n) is 9.37. The van der Waals surface area contributed by atoms with E-state index in [1.54, 1.807) is 0 Å². The number of hydrogen-bond acceptors (Lipinski definition) is 2. The molecule has 1 atom stereocenters. The van der Waals surface area contributed by atoms with Gasteiger partial charge in [0, 0.05) is 0 Å². The first-order valence-electron chi connectivity index (χ1n) is 5.20. The minimum Gasteiger partial charge on any atom is -0.490 e. The van der Waals surface area contributed by atoms with Gasteiger partial charge in [-0.15, -0.1) is 0 Å². The lowest BCUT2D eigenvalue weighted by molar-refractivity contribution is 0.0696. The van der Waals surface area contributed by atoms with Crippen molar-refractivity contribution in [2.45, 2.75) is 20.3 Å².